The number of nitrogens with two attached hydrogens (primary N) is 1. The SMILES string of the molecule is Cc1cc(N)cc(S(=O)(=O)N(C)CC2(O)CCCC2)c1. The number of aliphatic hydroxyl groups is 1. The molecule has 0 spiro atoms. The second kappa shape index (κ2) is 5.35. The van der Waals surface area contributed by atoms with Crippen LogP contribution in [0.3, 0.4) is 0 Å². The van der Waals surface area contributed by atoms with E-state index in [9.17, 15) is 13.5 Å². The number of sulfonamides is 1. The molecule has 1 saturated carbocycles. The second-order valence-corrected chi connectivity index (χ2v) is 7.82. The van der Waals surface area contributed by atoms with Crippen molar-refractivity contribution in [3.8, 4) is 0 Å². The molecule has 0 heterocycles. The smallest absolute Gasteiger partial charge is 0.242 e. The molecule has 1 aromatic carbocycles. The van der Waals surface area contributed by atoms with Gasteiger partial charge in [0.25, 0.3) is 0 Å². The third kappa shape index (κ3) is 3.13. The Balaban J connectivity index is 2.25. The zero-order chi connectivity index (χ0) is 15.0. The summed E-state index contributed by atoms with van der Waals surface area (Å²) in [5.74, 6) is 0. The average molecular weight is 298 g/mol. The molecule has 1 aromatic rings. The van der Waals surface area contributed by atoms with Gasteiger partial charge in [0.05, 0.1) is 10.5 Å². The van der Waals surface area contributed by atoms with Gasteiger partial charge in [-0.05, 0) is 43.5 Å². The number of benzene rings is 1. The largest absolute Gasteiger partial charge is 0.399 e. The van der Waals surface area contributed by atoms with Crippen LogP contribution in [0, 0.1) is 6.92 Å². The van der Waals surface area contributed by atoms with Crippen LogP contribution < -0.4 is 5.73 Å². The molecule has 20 heavy (non-hydrogen) atoms. The summed E-state index contributed by atoms with van der Waals surface area (Å²) >= 11 is 0. The Bertz CT molecular complexity index is 572. The Labute approximate surface area is 120 Å². The Hall–Kier alpha value is -1.11. The summed E-state index contributed by atoms with van der Waals surface area (Å²) in [6.07, 6.45) is 3.20. The highest BCUT2D eigenvalue weighted by Gasteiger charge is 2.35. The Morgan fingerprint density at radius 3 is 2.45 bits per heavy atom. The van der Waals surface area contributed by atoms with Crippen molar-refractivity contribution in [1.29, 1.82) is 0 Å². The molecule has 1 aliphatic rings. The minimum Gasteiger partial charge on any atom is -0.399 e. The zero-order valence-electron chi connectivity index (χ0n) is 12.0. The van der Waals surface area contributed by atoms with E-state index < -0.39 is 15.6 Å². The Morgan fingerprint density at radius 2 is 1.90 bits per heavy atom. The van der Waals surface area contributed by atoms with E-state index in [0.29, 0.717) is 18.5 Å². The summed E-state index contributed by atoms with van der Waals surface area (Å²) in [6.45, 7) is 1.93. The minimum atomic E-state index is -3.62. The van der Waals surface area contributed by atoms with Gasteiger partial charge in [-0.15, -0.1) is 0 Å². The fraction of sp³-hybridized carbons (Fsp3) is 0.571. The molecule has 0 aromatic heterocycles. The molecule has 1 fully saturated rings. The van der Waals surface area contributed by atoms with Gasteiger partial charge in [-0.25, -0.2) is 8.42 Å². The molecule has 1 aliphatic carbocycles. The summed E-state index contributed by atoms with van der Waals surface area (Å²) in [5, 5.41) is 10.4. The molecular formula is C14H22N2O3S. The van der Waals surface area contributed by atoms with Gasteiger partial charge in [0.15, 0.2) is 0 Å². The quantitative estimate of drug-likeness (QED) is 0.825. The maximum Gasteiger partial charge on any atom is 0.242 e. The van der Waals surface area contributed by atoms with Crippen LogP contribution in [-0.2, 0) is 10.0 Å². The van der Waals surface area contributed by atoms with E-state index in [-0.39, 0.29) is 11.4 Å². The molecule has 0 bridgehead atoms. The van der Waals surface area contributed by atoms with Crippen molar-refractivity contribution < 1.29 is 13.5 Å². The van der Waals surface area contributed by atoms with Gasteiger partial charge in [-0.3, -0.25) is 0 Å². The number of likely N-dealkylation sites (N-methyl/N-ethyl adjacent to an activating group) is 1. The zero-order valence-corrected chi connectivity index (χ0v) is 12.8. The first-order chi connectivity index (χ1) is 9.23. The molecule has 3 N–H and O–H groups in total. The van der Waals surface area contributed by atoms with Crippen molar-refractivity contribution >= 4 is 15.7 Å². The summed E-state index contributed by atoms with van der Waals surface area (Å²) in [7, 11) is -2.11. The van der Waals surface area contributed by atoms with Crippen molar-refractivity contribution in [1.82, 2.24) is 4.31 Å². The number of hydrogen-bond donors (Lipinski definition) is 2. The lowest BCUT2D eigenvalue weighted by atomic mass is 10.0. The highest BCUT2D eigenvalue weighted by atomic mass is 32.2. The van der Waals surface area contributed by atoms with E-state index in [1.165, 1.54) is 17.4 Å². The molecule has 0 unspecified atom stereocenters. The number of hydrogen-bond acceptors (Lipinski definition) is 4. The van der Waals surface area contributed by atoms with Gasteiger partial charge >= 0.3 is 0 Å². The van der Waals surface area contributed by atoms with Gasteiger partial charge in [-0.1, -0.05) is 12.8 Å². The normalized spacial score (nSPS) is 18.6. The van der Waals surface area contributed by atoms with Crippen molar-refractivity contribution in [2.45, 2.75) is 43.1 Å². The lowest BCUT2D eigenvalue weighted by Gasteiger charge is -2.28. The van der Waals surface area contributed by atoms with Gasteiger partial charge < -0.3 is 10.8 Å². The van der Waals surface area contributed by atoms with Crippen LogP contribution in [0.5, 0.6) is 0 Å². The number of nitrogens with zero attached hydrogens (tertiary/aromatic N) is 1. The van der Waals surface area contributed by atoms with Crippen LogP contribution in [0.2, 0.25) is 0 Å². The van der Waals surface area contributed by atoms with Crippen molar-refractivity contribution in [2.24, 2.45) is 0 Å². The topological polar surface area (TPSA) is 83.6 Å². The lowest BCUT2D eigenvalue weighted by molar-refractivity contribution is 0.0333. The first kappa shape index (κ1) is 15.3. The Morgan fingerprint density at radius 1 is 1.30 bits per heavy atom. The monoisotopic (exact) mass is 298 g/mol. The van der Waals surface area contributed by atoms with Crippen LogP contribution in [0.1, 0.15) is 31.2 Å². The molecule has 0 radical (unpaired) electrons. The Kier molecular flexibility index (Phi) is 4.09. The van der Waals surface area contributed by atoms with Crippen molar-refractivity contribution in [3.05, 3.63) is 23.8 Å². The van der Waals surface area contributed by atoms with E-state index in [0.717, 1.165) is 18.4 Å². The highest BCUT2D eigenvalue weighted by Crippen LogP contribution is 2.31. The second-order valence-electron chi connectivity index (χ2n) is 5.77. The lowest BCUT2D eigenvalue weighted by Crippen LogP contribution is -2.42. The number of nitrogen functional groups attached to an aromatic ring is 1. The van der Waals surface area contributed by atoms with E-state index in [1.807, 2.05) is 0 Å². The van der Waals surface area contributed by atoms with Crippen LogP contribution in [0.25, 0.3) is 0 Å². The van der Waals surface area contributed by atoms with Crippen LogP contribution >= 0.6 is 0 Å². The molecule has 112 valence electrons. The predicted octanol–water partition coefficient (Wildman–Crippen LogP) is 1.50. The standard InChI is InChI=1S/C14H22N2O3S/c1-11-7-12(15)9-13(8-11)20(18,19)16(2)10-14(17)5-3-4-6-14/h7-9,17H,3-6,10,15H2,1-2H3. The van der Waals surface area contributed by atoms with Crippen molar-refractivity contribution in [3.63, 3.8) is 0 Å². The third-order valence-electron chi connectivity index (χ3n) is 3.83. The maximum atomic E-state index is 12.5. The molecule has 0 aliphatic heterocycles. The molecule has 2 rings (SSSR count). The van der Waals surface area contributed by atoms with E-state index in [2.05, 4.69) is 0 Å². The number of aryl methyl sites for hydroxylation is 1. The predicted molar refractivity (Wildman–Crippen MR) is 78.8 cm³/mol. The summed E-state index contributed by atoms with van der Waals surface area (Å²) in [6, 6.07) is 4.78. The third-order valence-corrected chi connectivity index (χ3v) is 5.61. The van der Waals surface area contributed by atoms with E-state index >= 15 is 0 Å². The molecule has 0 amide bonds. The first-order valence-corrected chi connectivity index (χ1v) is 8.23. The molecular weight excluding hydrogens is 276 g/mol. The van der Waals surface area contributed by atoms with Gasteiger partial charge in [0.2, 0.25) is 10.0 Å². The summed E-state index contributed by atoms with van der Waals surface area (Å²) in [4.78, 5) is 0.180. The van der Waals surface area contributed by atoms with E-state index in [4.69, 9.17) is 5.73 Å². The highest BCUT2D eigenvalue weighted by molar-refractivity contribution is 7.89. The number of anilines is 1. The first-order valence-electron chi connectivity index (χ1n) is 6.79. The minimum absolute atomic E-state index is 0.128. The molecule has 0 saturated heterocycles. The van der Waals surface area contributed by atoms with Gasteiger partial charge in [0, 0.05) is 19.3 Å². The molecule has 0 atom stereocenters. The van der Waals surface area contributed by atoms with E-state index in [1.54, 1.807) is 19.1 Å². The molecule has 6 heteroatoms. The summed E-state index contributed by atoms with van der Waals surface area (Å²) in [5.41, 5.74) is 6.05. The molecule has 5 nitrogen and oxygen atoms in total. The van der Waals surface area contributed by atoms with Crippen molar-refractivity contribution in [2.75, 3.05) is 19.3 Å². The fourth-order valence-electron chi connectivity index (χ4n) is 2.80. The maximum absolute atomic E-state index is 12.5. The van der Waals surface area contributed by atoms with Crippen LogP contribution in [0.4, 0.5) is 5.69 Å². The van der Waals surface area contributed by atoms with Gasteiger partial charge in [-0.2, -0.15) is 4.31 Å². The fourth-order valence-corrected chi connectivity index (χ4v) is 4.19. The van der Waals surface area contributed by atoms with Crippen LogP contribution in [0.15, 0.2) is 23.1 Å². The summed E-state index contributed by atoms with van der Waals surface area (Å²) < 4.78 is 26.3. The van der Waals surface area contributed by atoms with Crippen LogP contribution in [-0.4, -0.2) is 37.0 Å². The average Bonchev–Trinajstić information content (AvgIpc) is 2.74. The van der Waals surface area contributed by atoms with Gasteiger partial charge in [0.1, 0.15) is 0 Å². The number of rotatable bonds is 4.